The predicted molar refractivity (Wildman–Crippen MR) is 111 cm³/mol. The van der Waals surface area contributed by atoms with Crippen LogP contribution in [-0.2, 0) is 14.0 Å². The van der Waals surface area contributed by atoms with Crippen LogP contribution in [0, 0.1) is 5.92 Å². The number of aliphatic carboxylic acids is 1. The van der Waals surface area contributed by atoms with Crippen molar-refractivity contribution in [1.82, 2.24) is 4.57 Å². The van der Waals surface area contributed by atoms with E-state index in [1.807, 2.05) is 11.5 Å². The zero-order chi connectivity index (χ0) is 20.9. The van der Waals surface area contributed by atoms with Gasteiger partial charge in [-0.3, -0.25) is 9.59 Å². The van der Waals surface area contributed by atoms with E-state index in [0.29, 0.717) is 0 Å². The fourth-order valence-electron chi connectivity index (χ4n) is 3.24. The van der Waals surface area contributed by atoms with Gasteiger partial charge in [-0.2, -0.15) is 0 Å². The number of hydrogen-bond acceptors (Lipinski definition) is 3. The maximum atomic E-state index is 13.1. The lowest BCUT2D eigenvalue weighted by molar-refractivity contribution is -0.158. The summed E-state index contributed by atoms with van der Waals surface area (Å²) in [5, 5.41) is 9.46. The summed E-state index contributed by atoms with van der Waals surface area (Å²) >= 11 is 0. The zero-order valence-electron chi connectivity index (χ0n) is 18.6. The van der Waals surface area contributed by atoms with E-state index in [2.05, 4.69) is 67.7 Å². The molecule has 5 nitrogen and oxygen atoms in total. The third-order valence-electron chi connectivity index (χ3n) is 6.88. The normalized spacial score (nSPS) is 23.7. The van der Waals surface area contributed by atoms with E-state index >= 15 is 0 Å². The molecule has 0 saturated carbocycles. The van der Waals surface area contributed by atoms with Gasteiger partial charge in [-0.1, -0.05) is 54.6 Å². The standard InChI is InChI=1S/C19H39NO4Si2/c1-13(24-26(10,11)19(5,6)7)16-14(12-15(21)22)20(17(16)23)25(8,9)18(2,3)4/h13-14,16H,12H2,1-11H3,(H,21,22). The zero-order valence-corrected chi connectivity index (χ0v) is 20.6. The van der Waals surface area contributed by atoms with Gasteiger partial charge in [0.2, 0.25) is 5.91 Å². The first-order chi connectivity index (χ1) is 11.3. The molecule has 0 aliphatic carbocycles. The minimum Gasteiger partial charge on any atom is -0.481 e. The molecule has 26 heavy (non-hydrogen) atoms. The number of carbonyl (C=O) groups excluding carboxylic acids is 1. The van der Waals surface area contributed by atoms with Gasteiger partial charge in [0.25, 0.3) is 0 Å². The van der Waals surface area contributed by atoms with E-state index in [4.69, 9.17) is 4.43 Å². The molecular weight excluding hydrogens is 362 g/mol. The highest BCUT2D eigenvalue weighted by atomic mass is 28.4. The summed E-state index contributed by atoms with van der Waals surface area (Å²) in [6.45, 7) is 23.6. The summed E-state index contributed by atoms with van der Waals surface area (Å²) in [5.74, 6) is -1.13. The van der Waals surface area contributed by atoms with E-state index in [1.165, 1.54) is 0 Å². The molecule has 0 aromatic heterocycles. The molecular formula is C19H39NO4Si2. The van der Waals surface area contributed by atoms with Crippen molar-refractivity contribution in [1.29, 1.82) is 0 Å². The number of β-lactam (4-membered cyclic amide) rings is 1. The van der Waals surface area contributed by atoms with Crippen LogP contribution in [0.3, 0.4) is 0 Å². The summed E-state index contributed by atoms with van der Waals surface area (Å²) in [5.41, 5.74) is 0. The Hall–Kier alpha value is -0.666. The highest BCUT2D eigenvalue weighted by Gasteiger charge is 2.59. The van der Waals surface area contributed by atoms with Crippen LogP contribution in [0.25, 0.3) is 0 Å². The fraction of sp³-hybridized carbons (Fsp3) is 0.895. The maximum absolute atomic E-state index is 13.1. The lowest BCUT2D eigenvalue weighted by Gasteiger charge is -2.59. The van der Waals surface area contributed by atoms with E-state index in [1.54, 1.807) is 0 Å². The summed E-state index contributed by atoms with van der Waals surface area (Å²) in [6, 6.07) is -0.263. The highest BCUT2D eigenvalue weighted by molar-refractivity contribution is 6.80. The smallest absolute Gasteiger partial charge is 0.305 e. The largest absolute Gasteiger partial charge is 0.481 e. The molecule has 152 valence electrons. The van der Waals surface area contributed by atoms with Crippen molar-refractivity contribution < 1.29 is 19.1 Å². The van der Waals surface area contributed by atoms with Gasteiger partial charge in [-0.15, -0.1) is 0 Å². The Morgan fingerprint density at radius 1 is 1.12 bits per heavy atom. The second kappa shape index (κ2) is 7.06. The average molecular weight is 402 g/mol. The Labute approximate surface area is 161 Å². The molecule has 1 N–H and O–H groups in total. The lowest BCUT2D eigenvalue weighted by Crippen LogP contribution is -2.75. The van der Waals surface area contributed by atoms with Crippen molar-refractivity contribution in [2.75, 3.05) is 0 Å². The van der Waals surface area contributed by atoms with Gasteiger partial charge in [-0.25, -0.2) is 0 Å². The molecule has 0 aromatic carbocycles. The fourth-order valence-corrected chi connectivity index (χ4v) is 7.18. The number of amides is 1. The molecule has 0 spiro atoms. The summed E-state index contributed by atoms with van der Waals surface area (Å²) in [6.07, 6.45) is -0.262. The van der Waals surface area contributed by atoms with Gasteiger partial charge < -0.3 is 14.1 Å². The summed E-state index contributed by atoms with van der Waals surface area (Å²) < 4.78 is 8.38. The van der Waals surface area contributed by atoms with Crippen molar-refractivity contribution in [3.63, 3.8) is 0 Å². The van der Waals surface area contributed by atoms with Crippen LogP contribution >= 0.6 is 0 Å². The molecule has 1 aliphatic heterocycles. The molecule has 1 heterocycles. The van der Waals surface area contributed by atoms with Crippen molar-refractivity contribution in [3.8, 4) is 0 Å². The number of carboxylic acids is 1. The van der Waals surface area contributed by atoms with Gasteiger partial charge in [0, 0.05) is 6.04 Å². The Morgan fingerprint density at radius 2 is 1.58 bits per heavy atom. The molecule has 0 bridgehead atoms. The van der Waals surface area contributed by atoms with E-state index in [0.717, 1.165) is 0 Å². The number of rotatable bonds is 6. The highest BCUT2D eigenvalue weighted by Crippen LogP contribution is 2.47. The molecule has 1 saturated heterocycles. The molecule has 0 radical (unpaired) electrons. The van der Waals surface area contributed by atoms with Crippen molar-refractivity contribution in [3.05, 3.63) is 0 Å². The molecule has 3 unspecified atom stereocenters. The number of nitrogens with zero attached hydrogens (tertiary/aromatic N) is 1. The number of carboxylic acid groups (broad SMARTS) is 1. The maximum Gasteiger partial charge on any atom is 0.305 e. The first-order valence-electron chi connectivity index (χ1n) is 9.57. The van der Waals surface area contributed by atoms with E-state index < -0.39 is 22.5 Å². The molecule has 3 atom stereocenters. The summed E-state index contributed by atoms with van der Waals surface area (Å²) in [4.78, 5) is 24.6. The minimum absolute atomic E-state index is 0.00583. The quantitative estimate of drug-likeness (QED) is 0.517. The Kier molecular flexibility index (Phi) is 6.34. The van der Waals surface area contributed by atoms with Crippen LogP contribution < -0.4 is 0 Å². The van der Waals surface area contributed by atoms with Crippen LogP contribution in [0.15, 0.2) is 0 Å². The molecule has 1 fully saturated rings. The topological polar surface area (TPSA) is 66.8 Å². The van der Waals surface area contributed by atoms with Gasteiger partial charge >= 0.3 is 5.97 Å². The first-order valence-corrected chi connectivity index (χ1v) is 15.4. The van der Waals surface area contributed by atoms with Crippen molar-refractivity contribution in [2.24, 2.45) is 5.92 Å². The second-order valence-corrected chi connectivity index (χ2v) is 20.6. The minimum atomic E-state index is -2.12. The SMILES string of the molecule is CC(O[Si](C)(C)C(C)(C)C)C1C(=O)N([Si](C)(C)C(C)(C)C)C1CC(=O)O. The molecule has 0 aromatic rings. The predicted octanol–water partition coefficient (Wildman–Crippen LogP) is 4.70. The van der Waals surface area contributed by atoms with E-state index in [9.17, 15) is 14.7 Å². The van der Waals surface area contributed by atoms with E-state index in [-0.39, 0.29) is 40.5 Å². The average Bonchev–Trinajstić information content (AvgIpc) is 2.33. The molecule has 1 aliphatic rings. The molecule has 7 heteroatoms. The van der Waals surface area contributed by atoms with Crippen molar-refractivity contribution >= 4 is 28.4 Å². The first kappa shape index (κ1) is 23.4. The van der Waals surface area contributed by atoms with Crippen LogP contribution in [0.2, 0.25) is 36.3 Å². The van der Waals surface area contributed by atoms with Crippen LogP contribution in [0.5, 0.6) is 0 Å². The van der Waals surface area contributed by atoms with Crippen LogP contribution in [0.1, 0.15) is 54.9 Å². The Bertz CT molecular complexity index is 561. The van der Waals surface area contributed by atoms with Gasteiger partial charge in [0.05, 0.1) is 18.4 Å². The summed E-state index contributed by atoms with van der Waals surface area (Å²) in [7, 11) is -4.14. The third-order valence-corrected chi connectivity index (χ3v) is 16.9. The monoisotopic (exact) mass is 401 g/mol. The van der Waals surface area contributed by atoms with Gasteiger partial charge in [0.15, 0.2) is 16.6 Å². The van der Waals surface area contributed by atoms with Gasteiger partial charge in [0.1, 0.15) is 0 Å². The van der Waals surface area contributed by atoms with Crippen LogP contribution in [-0.4, -0.2) is 50.2 Å². The van der Waals surface area contributed by atoms with Gasteiger partial charge in [-0.05, 0) is 30.1 Å². The molecule has 1 amide bonds. The Balaban J connectivity index is 3.13. The molecule has 1 rings (SSSR count). The Morgan fingerprint density at radius 3 is 1.92 bits per heavy atom. The third kappa shape index (κ3) is 4.25. The lowest BCUT2D eigenvalue weighted by atomic mass is 9.84. The number of hydrogen-bond donors (Lipinski definition) is 1. The van der Waals surface area contributed by atoms with Crippen molar-refractivity contribution in [2.45, 2.75) is 103 Å². The number of carbonyl (C=O) groups is 2. The van der Waals surface area contributed by atoms with Crippen LogP contribution in [0.4, 0.5) is 0 Å². The second-order valence-electron chi connectivity index (χ2n) is 10.8.